The van der Waals surface area contributed by atoms with Gasteiger partial charge in [0.25, 0.3) is 0 Å². The molecule has 0 N–H and O–H groups in total. The zero-order valence-electron chi connectivity index (χ0n) is 33.5. The fraction of sp³-hybridized carbons (Fsp3) is 0.660. The quantitative estimate of drug-likeness (QED) is 0.0497. The maximum atomic E-state index is 11.7. The first-order chi connectivity index (χ1) is 24.5. The van der Waals surface area contributed by atoms with Crippen molar-refractivity contribution in [3.8, 4) is 0 Å². The monoisotopic (exact) mass is 727 g/mol. The van der Waals surface area contributed by atoms with Gasteiger partial charge in [0.05, 0.1) is 0 Å². The van der Waals surface area contributed by atoms with Gasteiger partial charge in [-0.25, -0.2) is 4.70 Å². The first kappa shape index (κ1) is 44.2. The third-order valence-electron chi connectivity index (χ3n) is 9.99. The Balaban J connectivity index is 0.000000677. The van der Waals surface area contributed by atoms with Crippen LogP contribution in [-0.4, -0.2) is 4.70 Å². The van der Waals surface area contributed by atoms with E-state index in [1.807, 2.05) is 14.4 Å². The number of hydrogen-bond acceptors (Lipinski definition) is 0. The summed E-state index contributed by atoms with van der Waals surface area (Å²) in [6.07, 6.45) is 29.7. The van der Waals surface area contributed by atoms with Crippen molar-refractivity contribution in [1.29, 1.82) is 0 Å². The molecule has 0 saturated carbocycles. The molecule has 2 nitrogen and oxygen atoms in total. The summed E-state index contributed by atoms with van der Waals surface area (Å²) in [5.41, 5.74) is 21.2. The van der Waals surface area contributed by atoms with Crippen LogP contribution in [0.3, 0.4) is 0 Å². The normalized spacial score (nSPS) is 13.0. The fourth-order valence-corrected chi connectivity index (χ4v) is 8.11. The van der Waals surface area contributed by atoms with E-state index >= 15 is 0 Å². The first-order valence-corrected chi connectivity index (χ1v) is 22.5. The Labute approximate surface area is 316 Å². The van der Waals surface area contributed by atoms with Crippen molar-refractivity contribution in [2.24, 2.45) is 0 Å². The Morgan fingerprint density at radius 2 is 0.900 bits per heavy atom. The molecule has 50 heavy (non-hydrogen) atoms. The predicted octanol–water partition coefficient (Wildman–Crippen LogP) is 16.2. The summed E-state index contributed by atoms with van der Waals surface area (Å²) in [5, 5.41) is 2.81. The summed E-state index contributed by atoms with van der Waals surface area (Å²) in [6.45, 7) is 13.5. The van der Waals surface area contributed by atoms with Crippen LogP contribution >= 0.6 is 0 Å². The topological polar surface area (TPSA) is 25.3 Å². The molecule has 284 valence electrons. The molecule has 1 aliphatic rings. The van der Waals surface area contributed by atoms with E-state index in [4.69, 9.17) is 0 Å². The predicted molar refractivity (Wildman–Crippen MR) is 218 cm³/mol. The van der Waals surface area contributed by atoms with Crippen molar-refractivity contribution >= 4 is 11.4 Å². The molecular weight excluding hydrogens is 651 g/mol. The zero-order valence-corrected chi connectivity index (χ0v) is 34.5. The van der Waals surface area contributed by atoms with Crippen molar-refractivity contribution in [2.45, 2.75) is 200 Å². The molecule has 2 aromatic carbocycles. The zero-order chi connectivity index (χ0) is 36.2. The van der Waals surface area contributed by atoms with E-state index in [9.17, 15) is 5.53 Å². The van der Waals surface area contributed by atoms with Crippen molar-refractivity contribution in [2.75, 3.05) is 0 Å². The third kappa shape index (κ3) is 17.0. The Kier molecular flexibility index (Phi) is 25.3. The van der Waals surface area contributed by atoms with Crippen LogP contribution in [0.4, 0.5) is 0 Å². The van der Waals surface area contributed by atoms with Gasteiger partial charge in [-0.1, -0.05) is 116 Å². The van der Waals surface area contributed by atoms with E-state index in [2.05, 4.69) is 90.1 Å². The van der Waals surface area contributed by atoms with Gasteiger partial charge in [-0.05, 0) is 80.8 Å². The number of benzene rings is 2. The summed E-state index contributed by atoms with van der Waals surface area (Å²) in [4.78, 5) is 0. The molecule has 0 unspecified atom stereocenters. The van der Waals surface area contributed by atoms with Gasteiger partial charge in [0.1, 0.15) is 0 Å². The maximum absolute atomic E-state index is 11.7. The Bertz CT molecular complexity index is 1250. The van der Waals surface area contributed by atoms with Crippen LogP contribution in [0.25, 0.3) is 16.9 Å². The van der Waals surface area contributed by atoms with Gasteiger partial charge >= 0.3 is 77.6 Å². The molecule has 0 spiro atoms. The van der Waals surface area contributed by atoms with E-state index in [-0.39, 0.29) is 0 Å². The van der Waals surface area contributed by atoms with Crippen molar-refractivity contribution < 1.29 is 19.1 Å². The second-order valence-electron chi connectivity index (χ2n) is 14.5. The minimum absolute atomic E-state index is 0.960. The van der Waals surface area contributed by atoms with Gasteiger partial charge < -0.3 is 5.53 Å². The number of nitrogens with zero attached hydrogens (tertiary/aromatic N) is 2. The molecule has 0 saturated heterocycles. The van der Waals surface area contributed by atoms with E-state index < -0.39 is 0 Å². The second-order valence-corrected chi connectivity index (χ2v) is 16.0. The van der Waals surface area contributed by atoms with Crippen LogP contribution in [0.2, 0.25) is 10.8 Å². The average Bonchev–Trinajstić information content (AvgIpc) is 3.38. The number of hydrogen-bond donors (Lipinski definition) is 0. The molecule has 0 radical (unpaired) electrons. The number of allylic oxidation sites excluding steroid dienone is 2. The molecule has 0 bridgehead atoms. The Morgan fingerprint density at radius 1 is 0.480 bits per heavy atom. The fourth-order valence-electron chi connectivity index (χ4n) is 6.88. The van der Waals surface area contributed by atoms with E-state index in [0.717, 1.165) is 54.6 Å². The molecule has 2 aromatic rings. The van der Waals surface area contributed by atoms with Gasteiger partial charge in [-0.2, -0.15) is 0 Å². The summed E-state index contributed by atoms with van der Waals surface area (Å²) < 4.78 is 1.51. The molecule has 0 fully saturated rings. The molecule has 1 aliphatic heterocycles. The van der Waals surface area contributed by atoms with E-state index in [0.29, 0.717) is 0 Å². The second kappa shape index (κ2) is 28.6. The third-order valence-corrected chi connectivity index (χ3v) is 11.4. The van der Waals surface area contributed by atoms with Gasteiger partial charge in [-0.15, -0.1) is 0 Å². The van der Waals surface area contributed by atoms with Crippen LogP contribution in [0, 0.1) is 0 Å². The van der Waals surface area contributed by atoms with Crippen LogP contribution < -0.4 is 0 Å². The summed E-state index contributed by atoms with van der Waals surface area (Å²) in [6, 6.07) is 17.8. The summed E-state index contributed by atoms with van der Waals surface area (Å²) in [7, 11) is 0. The van der Waals surface area contributed by atoms with Gasteiger partial charge in [-0.3, -0.25) is 0 Å². The molecule has 3 rings (SSSR count). The number of rotatable bonds is 27. The van der Waals surface area contributed by atoms with Gasteiger partial charge in [0, 0.05) is 22.3 Å². The van der Waals surface area contributed by atoms with E-state index in [1.165, 1.54) is 153 Å². The molecule has 0 atom stereocenters. The molecule has 0 amide bonds. The number of unbranched alkanes of at least 4 members (excludes halogenated alkanes) is 15. The molecule has 0 aromatic heterocycles. The van der Waals surface area contributed by atoms with Crippen molar-refractivity contribution in [3.05, 3.63) is 87.5 Å². The van der Waals surface area contributed by atoms with E-state index in [1.54, 1.807) is 0 Å². The summed E-state index contributed by atoms with van der Waals surface area (Å²) >= 11 is 1.97. The van der Waals surface area contributed by atoms with Crippen LogP contribution in [-0.2, 0) is 27.3 Å². The molecule has 0 aliphatic carbocycles. The Hall–Kier alpha value is -1.99. The van der Waals surface area contributed by atoms with Gasteiger partial charge in [0.15, 0.2) is 0 Å². The van der Waals surface area contributed by atoms with Gasteiger partial charge in [0.2, 0.25) is 11.4 Å². The van der Waals surface area contributed by atoms with Crippen LogP contribution in [0.5, 0.6) is 0 Å². The van der Waals surface area contributed by atoms with Crippen LogP contribution in [0.15, 0.2) is 59.7 Å². The van der Waals surface area contributed by atoms with Crippen molar-refractivity contribution in [1.82, 2.24) is 0 Å². The van der Waals surface area contributed by atoms with Crippen molar-refractivity contribution in [3.63, 3.8) is 0 Å². The SMILES string of the molecule is CCCCCCCCc1cccc(C2=C(C)C(CCCC)=C(c3cccc(CCCCCCCC)c3)[N+]2=[N-])c1.CCCC[CH2][Ni][CH2]CCCC. The summed E-state index contributed by atoms with van der Waals surface area (Å²) in [5.74, 6) is 0. The Morgan fingerprint density at radius 3 is 1.38 bits per heavy atom. The van der Waals surface area contributed by atoms with Crippen LogP contribution in [0.1, 0.15) is 199 Å². The molecule has 3 heteroatoms. The minimum atomic E-state index is 0.960. The standard InChI is InChI=1S/C37H54N2.2C5H11.Ni/c1-5-8-11-13-15-17-21-31-23-19-25-33(28-31)36-30(4)35(27-10-7-3)37(39(36)38)34-26-20-24-32(29-34)22-18-16-14-12-9-6-2;2*1-3-5-4-2;/h19-20,23-26,28-29H,5-18,21-22,27H2,1-4H3;2*1,3-5H2,2H3;. The molecule has 1 heterocycles. The number of aryl methyl sites for hydroxylation is 2. The molecular formula is C47H76N2Ni. The average molecular weight is 728 g/mol. The first-order valence-electron chi connectivity index (χ1n) is 21.1.